The van der Waals surface area contributed by atoms with Crippen LogP contribution in [0, 0.1) is 5.92 Å². The first-order chi connectivity index (χ1) is 27.8. The Kier molecular flexibility index (Phi) is 12.6. The number of rotatable bonds is 8. The third-order valence-corrected chi connectivity index (χ3v) is 14.3. The maximum Gasteiger partial charge on any atom is 0.410 e. The highest BCUT2D eigenvalue weighted by atomic mass is 32.2. The predicted octanol–water partition coefficient (Wildman–Crippen LogP) is 5.54. The molecule has 5 fully saturated rings. The quantitative estimate of drug-likeness (QED) is 0.228. The molecule has 8 rings (SSSR count). The zero-order valence-electron chi connectivity index (χ0n) is 33.2. The first-order valence-electron chi connectivity index (χ1n) is 21.8. The molecular weight excluding hydrogens is 745 g/mol. The highest BCUT2D eigenvalue weighted by Crippen LogP contribution is 2.46. The molecule has 2 saturated heterocycles. The molecule has 4 aliphatic heterocycles. The summed E-state index contributed by atoms with van der Waals surface area (Å²) < 4.78 is 15.0. The van der Waals surface area contributed by atoms with Gasteiger partial charge in [0.05, 0.1) is 12.6 Å². The molecule has 0 spiro atoms. The summed E-state index contributed by atoms with van der Waals surface area (Å²) in [5, 5.41) is 6.36. The second-order valence-corrected chi connectivity index (χ2v) is 18.5. The van der Waals surface area contributed by atoms with Gasteiger partial charge in [0.2, 0.25) is 11.8 Å². The van der Waals surface area contributed by atoms with Crippen molar-refractivity contribution < 1.29 is 33.4 Å². The van der Waals surface area contributed by atoms with Crippen LogP contribution in [0.3, 0.4) is 0 Å². The largest absolute Gasteiger partial charge is 0.446 e. The van der Waals surface area contributed by atoms with Crippen molar-refractivity contribution in [2.45, 2.75) is 150 Å². The van der Waals surface area contributed by atoms with Crippen molar-refractivity contribution in [2.24, 2.45) is 5.92 Å². The van der Waals surface area contributed by atoms with Crippen molar-refractivity contribution in [3.05, 3.63) is 47.5 Å². The Morgan fingerprint density at radius 1 is 0.877 bits per heavy atom. The Bertz CT molecular complexity index is 1680. The van der Waals surface area contributed by atoms with Crippen LogP contribution in [0.5, 0.6) is 0 Å². The second-order valence-electron chi connectivity index (χ2n) is 17.4. The van der Waals surface area contributed by atoms with E-state index < -0.39 is 47.7 Å². The van der Waals surface area contributed by atoms with Gasteiger partial charge in [0.25, 0.3) is 5.91 Å². The second kappa shape index (κ2) is 18.0. The fourth-order valence-corrected chi connectivity index (χ4v) is 10.4. The molecule has 1 aromatic rings. The van der Waals surface area contributed by atoms with E-state index in [-0.39, 0.29) is 36.9 Å². The van der Waals surface area contributed by atoms with E-state index in [9.17, 15) is 24.0 Å². The summed E-state index contributed by atoms with van der Waals surface area (Å²) in [7, 11) is 0. The number of nitrogens with zero attached hydrogens (tertiary/aromatic N) is 3. The monoisotopic (exact) mass is 804 g/mol. The number of carbonyl (C=O) groups is 5. The number of carbonyl (C=O) groups excluding carboxylic acids is 5. The minimum Gasteiger partial charge on any atom is -0.446 e. The average Bonchev–Trinajstić information content (AvgIpc) is 4.06. The van der Waals surface area contributed by atoms with Gasteiger partial charge in [-0.15, -0.1) is 0 Å². The van der Waals surface area contributed by atoms with Crippen molar-refractivity contribution in [1.29, 1.82) is 0 Å². The molecule has 3 aliphatic carbocycles. The van der Waals surface area contributed by atoms with Crippen LogP contribution in [-0.4, -0.2) is 112 Å². The molecule has 3 N–H and O–H groups in total. The number of alkyl carbamates (subject to hydrolysis) is 1. The number of piperidine rings is 1. The molecule has 310 valence electrons. The third kappa shape index (κ3) is 9.58. The van der Waals surface area contributed by atoms with Crippen molar-refractivity contribution in [3.63, 3.8) is 0 Å². The van der Waals surface area contributed by atoms with E-state index in [1.165, 1.54) is 28.8 Å². The van der Waals surface area contributed by atoms with Crippen molar-refractivity contribution in [3.8, 4) is 0 Å². The van der Waals surface area contributed by atoms with Gasteiger partial charge in [0.15, 0.2) is 0 Å². The lowest BCUT2D eigenvalue weighted by Crippen LogP contribution is -2.57. The van der Waals surface area contributed by atoms with Gasteiger partial charge in [-0.2, -0.15) is 0 Å². The molecule has 57 heavy (non-hydrogen) atoms. The summed E-state index contributed by atoms with van der Waals surface area (Å²) in [5.74, 6) is -1.26. The Labute approximate surface area is 340 Å². The number of likely N-dealkylation sites (tertiary alicyclic amines) is 1. The minimum atomic E-state index is -1.12. The predicted molar refractivity (Wildman–Crippen MR) is 216 cm³/mol. The van der Waals surface area contributed by atoms with Gasteiger partial charge in [-0.1, -0.05) is 55.7 Å². The summed E-state index contributed by atoms with van der Waals surface area (Å²) >= 11 is 1.42. The van der Waals surface area contributed by atoms with Crippen molar-refractivity contribution >= 4 is 41.9 Å². The van der Waals surface area contributed by atoms with Crippen LogP contribution in [0.15, 0.2) is 36.4 Å². The van der Waals surface area contributed by atoms with Gasteiger partial charge in [-0.05, 0) is 120 Å². The lowest BCUT2D eigenvalue weighted by Gasteiger charge is -2.40. The maximum atomic E-state index is 14.6. The van der Waals surface area contributed by atoms with Crippen LogP contribution < -0.4 is 15.4 Å². The number of hydrogen-bond acceptors (Lipinski definition) is 9. The third-order valence-electron chi connectivity index (χ3n) is 13.1. The summed E-state index contributed by atoms with van der Waals surface area (Å²) in [4.78, 5) is 76.1. The van der Waals surface area contributed by atoms with E-state index >= 15 is 0 Å². The van der Waals surface area contributed by atoms with E-state index in [0.717, 1.165) is 95.8 Å². The van der Waals surface area contributed by atoms with Gasteiger partial charge >= 0.3 is 12.2 Å². The van der Waals surface area contributed by atoms with Gasteiger partial charge in [-0.25, -0.2) is 9.59 Å². The lowest BCUT2D eigenvalue weighted by atomic mass is 9.92. The Balaban J connectivity index is 1.03. The number of allylic oxidation sites excluding steroid dienone is 1. The van der Waals surface area contributed by atoms with E-state index in [2.05, 4.69) is 38.5 Å². The number of ether oxygens (including phenoxy) is 2. The fraction of sp³-hybridized carbons (Fsp3) is 0.698. The zero-order chi connectivity index (χ0) is 39.4. The number of fused-ring (bicyclic) bond motifs is 3. The van der Waals surface area contributed by atoms with Gasteiger partial charge in [0, 0.05) is 30.7 Å². The van der Waals surface area contributed by atoms with Crippen molar-refractivity contribution in [1.82, 2.24) is 30.1 Å². The van der Waals surface area contributed by atoms with E-state index in [0.29, 0.717) is 37.5 Å². The molecule has 14 heteroatoms. The molecule has 0 aromatic heterocycles. The summed E-state index contributed by atoms with van der Waals surface area (Å²) in [6.45, 7) is 3.22. The van der Waals surface area contributed by atoms with E-state index in [4.69, 9.17) is 9.47 Å². The van der Waals surface area contributed by atoms with Crippen molar-refractivity contribution in [2.75, 3.05) is 32.7 Å². The first-order valence-corrected chi connectivity index (χ1v) is 22.6. The molecule has 13 nitrogen and oxygen atoms in total. The molecular formula is C43H60N6O7S. The molecule has 5 amide bonds. The van der Waals surface area contributed by atoms with Crippen LogP contribution in [0.4, 0.5) is 9.59 Å². The smallest absolute Gasteiger partial charge is 0.410 e. The van der Waals surface area contributed by atoms with Crippen LogP contribution >= 0.6 is 11.9 Å². The molecule has 0 bridgehead atoms. The minimum absolute atomic E-state index is 0.000207. The highest BCUT2D eigenvalue weighted by Gasteiger charge is 2.61. The molecule has 0 unspecified atom stereocenters. The Hall–Kier alpha value is -3.78. The number of hydrogen-bond donors (Lipinski definition) is 3. The Morgan fingerprint density at radius 2 is 1.65 bits per heavy atom. The van der Waals surface area contributed by atoms with Gasteiger partial charge in [0.1, 0.15) is 29.8 Å². The van der Waals surface area contributed by atoms with Crippen LogP contribution in [0.25, 0.3) is 0 Å². The molecule has 7 aliphatic rings. The number of amides is 5. The highest BCUT2D eigenvalue weighted by molar-refractivity contribution is 7.98. The lowest BCUT2D eigenvalue weighted by molar-refractivity contribution is -0.141. The zero-order valence-corrected chi connectivity index (χ0v) is 34.0. The summed E-state index contributed by atoms with van der Waals surface area (Å²) in [5.41, 5.74) is 1.25. The topological polar surface area (TPSA) is 150 Å². The standard InChI is InChI=1S/C43H60N6O7S/c50-38-36-25-32(56-42(54)48-24-21-29-13-7-10-17-34(29)37(48)28-47-22-11-4-12-23-47)27-49(36)39(51)35(44-41(53)55-31-15-8-9-16-31)18-6-3-1-2-5-14-30-26-43(30,45-38)40(52)46-57-33-19-20-33/h5,7,10,13-14,17,30-33,35-37H,1-4,6,8-9,11-12,15-16,18-28H2,(H,44,53)(H,45,50)(H,46,52)/b14-5-/t30-,32-,35+,36+,37+,43-/m1/s1. The van der Waals surface area contributed by atoms with Crippen LogP contribution in [-0.2, 0) is 30.3 Å². The van der Waals surface area contributed by atoms with Crippen LogP contribution in [0.2, 0.25) is 0 Å². The molecule has 1 aromatic carbocycles. The fourth-order valence-electron chi connectivity index (χ4n) is 9.58. The summed E-state index contributed by atoms with van der Waals surface area (Å²) in [6, 6.07) is 6.21. The summed E-state index contributed by atoms with van der Waals surface area (Å²) in [6.07, 6.45) is 16.2. The van der Waals surface area contributed by atoms with Gasteiger partial charge in [-0.3, -0.25) is 24.0 Å². The average molecular weight is 805 g/mol. The SMILES string of the molecule is O=C(N[C@H]1CCCCC/C=C\[C@@H]2C[C@@]2(C(=O)NSC2CC2)NC(=O)[C@@H]2C[C@@H](OC(=O)N3CCc4ccccc4[C@@H]3CN3CCCCC3)CN2C1=O)OC1CCCC1. The number of benzene rings is 1. The Morgan fingerprint density at radius 3 is 2.46 bits per heavy atom. The maximum absolute atomic E-state index is 14.6. The molecule has 6 atom stereocenters. The molecule has 3 saturated carbocycles. The number of nitrogens with one attached hydrogen (secondary N) is 3. The van der Waals surface area contributed by atoms with Gasteiger partial charge < -0.3 is 29.9 Å². The van der Waals surface area contributed by atoms with Crippen LogP contribution in [0.1, 0.15) is 120 Å². The van der Waals surface area contributed by atoms with E-state index in [1.54, 1.807) is 0 Å². The molecule has 4 heterocycles. The normalized spacial score (nSPS) is 31.8. The van der Waals surface area contributed by atoms with E-state index in [1.807, 2.05) is 23.1 Å². The molecule has 0 radical (unpaired) electrons. The first kappa shape index (κ1) is 40.0.